The van der Waals surface area contributed by atoms with Gasteiger partial charge in [0.1, 0.15) is 27.5 Å². The van der Waals surface area contributed by atoms with Crippen molar-refractivity contribution in [3.05, 3.63) is 87.9 Å². The summed E-state index contributed by atoms with van der Waals surface area (Å²) in [6.45, 7) is 1.21. The molecule has 0 N–H and O–H groups in total. The lowest BCUT2D eigenvalue weighted by Gasteiger charge is -2.19. The van der Waals surface area contributed by atoms with Gasteiger partial charge in [0.2, 0.25) is 0 Å². The number of aromatic nitrogens is 2. The van der Waals surface area contributed by atoms with E-state index in [1.807, 2.05) is 0 Å². The van der Waals surface area contributed by atoms with Crippen molar-refractivity contribution in [3.8, 4) is 21.7 Å². The summed E-state index contributed by atoms with van der Waals surface area (Å²) in [4.78, 5) is 8.65. The van der Waals surface area contributed by atoms with Crippen LogP contribution in [0.4, 0.5) is 13.2 Å². The Labute approximate surface area is 220 Å². The van der Waals surface area contributed by atoms with Crippen LogP contribution < -0.4 is 0 Å². The highest BCUT2D eigenvalue weighted by atomic mass is 35.5. The van der Waals surface area contributed by atoms with E-state index in [4.69, 9.17) is 21.3 Å². The summed E-state index contributed by atoms with van der Waals surface area (Å²) in [6.07, 6.45) is 3.11. The van der Waals surface area contributed by atoms with E-state index in [2.05, 4.69) is 4.98 Å². The van der Waals surface area contributed by atoms with E-state index in [0.717, 1.165) is 30.0 Å². The standard InChI is InChI=1S/C26H20ClF3N2O3S2/c27-22-12-16(6-9-31-22)25-24(32-26(36-25)15-7-10-35-11-8-15)19-3-1-2-17(23(19)30)14-37(33,34)21-13-18(28)4-5-20(21)29/h1-6,9,12-13,15H,7-8,10-11,14H2. The Kier molecular flexibility index (Phi) is 7.35. The first-order valence-corrected chi connectivity index (χ1v) is 14.2. The molecule has 0 aliphatic carbocycles. The minimum Gasteiger partial charge on any atom is -0.381 e. The smallest absolute Gasteiger partial charge is 0.185 e. The lowest BCUT2D eigenvalue weighted by Crippen LogP contribution is -2.13. The van der Waals surface area contributed by atoms with Gasteiger partial charge in [-0.25, -0.2) is 31.6 Å². The molecule has 1 aliphatic rings. The first kappa shape index (κ1) is 25.8. The molecular formula is C26H20ClF3N2O3S2. The van der Waals surface area contributed by atoms with Gasteiger partial charge in [-0.1, -0.05) is 23.7 Å². The van der Waals surface area contributed by atoms with Gasteiger partial charge in [-0.15, -0.1) is 11.3 Å². The molecule has 0 bridgehead atoms. The van der Waals surface area contributed by atoms with Crippen molar-refractivity contribution in [3.63, 3.8) is 0 Å². The SMILES string of the molecule is O=S(=O)(Cc1cccc(-c2nc(C3CCOCC3)sc2-c2ccnc(Cl)c2)c1F)c1cc(F)ccc1F. The molecule has 192 valence electrons. The number of hydrogen-bond acceptors (Lipinski definition) is 6. The van der Waals surface area contributed by atoms with E-state index in [9.17, 15) is 17.2 Å². The largest absolute Gasteiger partial charge is 0.381 e. The van der Waals surface area contributed by atoms with Gasteiger partial charge < -0.3 is 4.74 Å². The predicted octanol–water partition coefficient (Wildman–Crippen LogP) is 6.81. The molecule has 3 heterocycles. The molecular weight excluding hydrogens is 545 g/mol. The molecule has 1 aliphatic heterocycles. The van der Waals surface area contributed by atoms with Crippen molar-refractivity contribution in [1.29, 1.82) is 0 Å². The maximum atomic E-state index is 15.9. The number of pyridine rings is 1. The van der Waals surface area contributed by atoms with Crippen LogP contribution >= 0.6 is 22.9 Å². The predicted molar refractivity (Wildman–Crippen MR) is 136 cm³/mol. The number of rotatable bonds is 6. The normalized spacial score (nSPS) is 14.7. The summed E-state index contributed by atoms with van der Waals surface area (Å²) in [5, 5.41) is 1.09. The number of benzene rings is 2. The number of sulfone groups is 1. The second-order valence-electron chi connectivity index (χ2n) is 8.60. The molecule has 0 atom stereocenters. The Hall–Kier alpha value is -2.79. The Bertz CT molecular complexity index is 1570. The summed E-state index contributed by atoms with van der Waals surface area (Å²) in [5.74, 6) is -3.51. The third kappa shape index (κ3) is 5.43. The zero-order chi connectivity index (χ0) is 26.2. The van der Waals surface area contributed by atoms with Crippen molar-refractivity contribution in [2.45, 2.75) is 29.4 Å². The molecule has 5 nitrogen and oxygen atoms in total. The fourth-order valence-corrected chi connectivity index (χ4v) is 7.11. The first-order chi connectivity index (χ1) is 17.7. The zero-order valence-corrected chi connectivity index (χ0v) is 21.6. The van der Waals surface area contributed by atoms with Gasteiger partial charge in [0.25, 0.3) is 0 Å². The van der Waals surface area contributed by atoms with Gasteiger partial charge in [-0.3, -0.25) is 0 Å². The van der Waals surface area contributed by atoms with Crippen LogP contribution in [0.15, 0.2) is 59.6 Å². The summed E-state index contributed by atoms with van der Waals surface area (Å²) >= 11 is 7.54. The van der Waals surface area contributed by atoms with Crippen LogP contribution in [0.1, 0.15) is 29.3 Å². The zero-order valence-electron chi connectivity index (χ0n) is 19.3. The van der Waals surface area contributed by atoms with Gasteiger partial charge in [0.15, 0.2) is 9.84 Å². The maximum absolute atomic E-state index is 15.9. The van der Waals surface area contributed by atoms with Crippen molar-refractivity contribution in [1.82, 2.24) is 9.97 Å². The minimum absolute atomic E-state index is 0.102. The Morgan fingerprint density at radius 1 is 1.05 bits per heavy atom. The van der Waals surface area contributed by atoms with Gasteiger partial charge in [0, 0.05) is 36.5 Å². The fourth-order valence-electron chi connectivity index (χ4n) is 4.25. The van der Waals surface area contributed by atoms with Crippen LogP contribution in [-0.2, 0) is 20.3 Å². The van der Waals surface area contributed by atoms with Crippen molar-refractivity contribution < 1.29 is 26.3 Å². The minimum atomic E-state index is -4.38. The molecule has 1 fully saturated rings. The van der Waals surface area contributed by atoms with E-state index >= 15 is 4.39 Å². The monoisotopic (exact) mass is 564 g/mol. The van der Waals surface area contributed by atoms with Gasteiger partial charge in [-0.2, -0.15) is 0 Å². The van der Waals surface area contributed by atoms with Crippen LogP contribution in [0.2, 0.25) is 5.15 Å². The molecule has 0 radical (unpaired) electrons. The first-order valence-electron chi connectivity index (χ1n) is 11.4. The summed E-state index contributed by atoms with van der Waals surface area (Å²) in [7, 11) is -4.38. The number of thiazole rings is 1. The molecule has 0 saturated carbocycles. The van der Waals surface area contributed by atoms with Crippen LogP contribution in [-0.4, -0.2) is 31.6 Å². The topological polar surface area (TPSA) is 69.2 Å². The van der Waals surface area contributed by atoms with Crippen molar-refractivity contribution in [2.24, 2.45) is 0 Å². The van der Waals surface area contributed by atoms with E-state index < -0.39 is 37.9 Å². The highest BCUT2D eigenvalue weighted by molar-refractivity contribution is 7.90. The molecule has 2 aromatic heterocycles. The number of ether oxygens (including phenoxy) is 1. The van der Waals surface area contributed by atoms with Gasteiger partial charge in [-0.05, 0) is 54.8 Å². The molecule has 37 heavy (non-hydrogen) atoms. The van der Waals surface area contributed by atoms with E-state index in [1.54, 1.807) is 18.3 Å². The fraction of sp³-hybridized carbons (Fsp3) is 0.231. The lowest BCUT2D eigenvalue weighted by atomic mass is 10.0. The Balaban J connectivity index is 1.59. The Morgan fingerprint density at radius 3 is 2.59 bits per heavy atom. The van der Waals surface area contributed by atoms with Crippen molar-refractivity contribution in [2.75, 3.05) is 13.2 Å². The molecule has 0 spiro atoms. The summed E-state index contributed by atoms with van der Waals surface area (Å²) in [6, 6.07) is 9.89. The van der Waals surface area contributed by atoms with Gasteiger partial charge in [0.05, 0.1) is 21.3 Å². The quantitative estimate of drug-likeness (QED) is 0.241. The number of halogens is 4. The second-order valence-corrected chi connectivity index (χ2v) is 12.0. The third-order valence-electron chi connectivity index (χ3n) is 6.11. The lowest BCUT2D eigenvalue weighted by molar-refractivity contribution is 0.0853. The number of nitrogens with zero attached hydrogens (tertiary/aromatic N) is 2. The molecule has 1 saturated heterocycles. The van der Waals surface area contributed by atoms with E-state index in [0.29, 0.717) is 35.4 Å². The van der Waals surface area contributed by atoms with Crippen LogP contribution in [0, 0.1) is 17.5 Å². The van der Waals surface area contributed by atoms with Crippen LogP contribution in [0.25, 0.3) is 21.7 Å². The molecule has 5 rings (SSSR count). The van der Waals surface area contributed by atoms with Crippen LogP contribution in [0.3, 0.4) is 0 Å². The number of hydrogen-bond donors (Lipinski definition) is 0. The summed E-state index contributed by atoms with van der Waals surface area (Å²) < 4.78 is 75.0. The Morgan fingerprint density at radius 2 is 1.84 bits per heavy atom. The van der Waals surface area contributed by atoms with Crippen molar-refractivity contribution >= 4 is 32.8 Å². The highest BCUT2D eigenvalue weighted by Crippen LogP contribution is 2.43. The molecule has 11 heteroatoms. The molecule has 0 unspecified atom stereocenters. The highest BCUT2D eigenvalue weighted by Gasteiger charge is 2.27. The van der Waals surface area contributed by atoms with E-state index in [1.165, 1.54) is 29.5 Å². The third-order valence-corrected chi connectivity index (χ3v) is 9.26. The average Bonchev–Trinajstić information content (AvgIpc) is 3.32. The summed E-state index contributed by atoms with van der Waals surface area (Å²) in [5.41, 5.74) is 0.970. The van der Waals surface area contributed by atoms with Gasteiger partial charge >= 0.3 is 0 Å². The average molecular weight is 565 g/mol. The van der Waals surface area contributed by atoms with E-state index in [-0.39, 0.29) is 22.2 Å². The molecule has 0 amide bonds. The second kappa shape index (κ2) is 10.5. The maximum Gasteiger partial charge on any atom is 0.185 e. The molecule has 4 aromatic rings. The molecule has 2 aromatic carbocycles. The van der Waals surface area contributed by atoms with Crippen LogP contribution in [0.5, 0.6) is 0 Å².